The van der Waals surface area contributed by atoms with Crippen LogP contribution in [0.2, 0.25) is 0 Å². The number of aryl methyl sites for hydroxylation is 1. The molecule has 1 saturated heterocycles. The molecule has 2 rings (SSSR count). The van der Waals surface area contributed by atoms with Crippen molar-refractivity contribution in [2.45, 2.75) is 33.1 Å². The summed E-state index contributed by atoms with van der Waals surface area (Å²) in [6.45, 7) is 6.99. The number of hydrogen-bond acceptors (Lipinski definition) is 1. The third-order valence-electron chi connectivity index (χ3n) is 3.50. The fraction of sp³-hybridized carbons (Fsp3) is 0.571. The van der Waals surface area contributed by atoms with Gasteiger partial charge in [0, 0.05) is 23.2 Å². The molecular formula is C14H20BrN. The lowest BCUT2D eigenvalue weighted by Crippen LogP contribution is -2.32. The Kier molecular flexibility index (Phi) is 3.91. The van der Waals surface area contributed by atoms with Crippen molar-refractivity contribution in [1.82, 2.24) is 0 Å². The highest BCUT2D eigenvalue weighted by Crippen LogP contribution is 2.27. The number of halogens is 1. The van der Waals surface area contributed by atoms with Gasteiger partial charge in [0.25, 0.3) is 0 Å². The molecule has 0 atom stereocenters. The molecule has 0 saturated carbocycles. The van der Waals surface area contributed by atoms with Gasteiger partial charge in [-0.25, -0.2) is 0 Å². The van der Waals surface area contributed by atoms with Gasteiger partial charge >= 0.3 is 0 Å². The van der Waals surface area contributed by atoms with E-state index in [4.69, 9.17) is 0 Å². The molecule has 1 aromatic carbocycles. The number of anilines is 1. The van der Waals surface area contributed by atoms with E-state index in [2.05, 4.69) is 52.9 Å². The van der Waals surface area contributed by atoms with Crippen molar-refractivity contribution in [3.8, 4) is 0 Å². The summed E-state index contributed by atoms with van der Waals surface area (Å²) in [6.07, 6.45) is 3.76. The van der Waals surface area contributed by atoms with Crippen molar-refractivity contribution >= 4 is 21.6 Å². The van der Waals surface area contributed by atoms with E-state index in [1.165, 1.54) is 41.7 Å². The molecule has 1 aliphatic rings. The highest BCUT2D eigenvalue weighted by Gasteiger charge is 2.16. The van der Waals surface area contributed by atoms with Gasteiger partial charge in [0.2, 0.25) is 0 Å². The van der Waals surface area contributed by atoms with Crippen molar-refractivity contribution in [1.29, 1.82) is 0 Å². The van der Waals surface area contributed by atoms with Crippen molar-refractivity contribution in [2.24, 2.45) is 5.92 Å². The molecule has 0 radical (unpaired) electrons. The van der Waals surface area contributed by atoms with Crippen LogP contribution in [0.4, 0.5) is 5.69 Å². The van der Waals surface area contributed by atoms with Gasteiger partial charge in [0.05, 0.1) is 0 Å². The molecule has 0 amide bonds. The second kappa shape index (κ2) is 5.22. The average molecular weight is 282 g/mol. The highest BCUT2D eigenvalue weighted by molar-refractivity contribution is 9.10. The van der Waals surface area contributed by atoms with Crippen LogP contribution in [0.3, 0.4) is 0 Å². The van der Waals surface area contributed by atoms with E-state index in [1.54, 1.807) is 0 Å². The molecule has 1 aliphatic heterocycles. The Morgan fingerprint density at radius 2 is 1.94 bits per heavy atom. The number of rotatable bonds is 2. The quantitative estimate of drug-likeness (QED) is 0.784. The van der Waals surface area contributed by atoms with Gasteiger partial charge in [-0.1, -0.05) is 29.8 Å². The van der Waals surface area contributed by atoms with Crippen LogP contribution < -0.4 is 4.90 Å². The van der Waals surface area contributed by atoms with Crippen molar-refractivity contribution in [3.63, 3.8) is 0 Å². The summed E-state index contributed by atoms with van der Waals surface area (Å²) in [5.74, 6) is 0.897. The second-order valence-electron chi connectivity index (χ2n) is 4.84. The third kappa shape index (κ3) is 2.79. The first kappa shape index (κ1) is 12.0. The minimum atomic E-state index is 0.897. The molecule has 16 heavy (non-hydrogen) atoms. The molecule has 1 fully saturated rings. The highest BCUT2D eigenvalue weighted by atomic mass is 79.9. The molecule has 0 bridgehead atoms. The average Bonchev–Trinajstić information content (AvgIpc) is 2.29. The van der Waals surface area contributed by atoms with Gasteiger partial charge in [-0.3, -0.25) is 0 Å². The van der Waals surface area contributed by atoms with Gasteiger partial charge in [0.1, 0.15) is 0 Å². The van der Waals surface area contributed by atoms with E-state index in [0.717, 1.165) is 12.3 Å². The van der Waals surface area contributed by atoms with Crippen LogP contribution in [0, 0.1) is 5.92 Å². The van der Waals surface area contributed by atoms with Gasteiger partial charge in [-0.05, 0) is 48.9 Å². The molecule has 88 valence electrons. The van der Waals surface area contributed by atoms with Crippen molar-refractivity contribution in [3.05, 3.63) is 28.2 Å². The largest absolute Gasteiger partial charge is 0.371 e. The zero-order chi connectivity index (χ0) is 11.5. The zero-order valence-corrected chi connectivity index (χ0v) is 11.8. The Morgan fingerprint density at radius 3 is 2.56 bits per heavy atom. The summed E-state index contributed by atoms with van der Waals surface area (Å²) in [5, 5.41) is 0. The number of piperidine rings is 1. The molecule has 0 spiro atoms. The Bertz CT molecular complexity index is 354. The summed E-state index contributed by atoms with van der Waals surface area (Å²) in [4.78, 5) is 2.52. The number of benzene rings is 1. The van der Waals surface area contributed by atoms with Crippen LogP contribution in [0.1, 0.15) is 32.3 Å². The Morgan fingerprint density at radius 1 is 1.25 bits per heavy atom. The topological polar surface area (TPSA) is 3.24 Å². The zero-order valence-electron chi connectivity index (χ0n) is 10.2. The molecule has 0 aromatic heterocycles. The maximum atomic E-state index is 3.61. The van der Waals surface area contributed by atoms with E-state index < -0.39 is 0 Å². The first-order valence-electron chi connectivity index (χ1n) is 6.23. The monoisotopic (exact) mass is 281 g/mol. The summed E-state index contributed by atoms with van der Waals surface area (Å²) in [7, 11) is 0. The molecule has 1 heterocycles. The maximum Gasteiger partial charge on any atom is 0.0380 e. The van der Waals surface area contributed by atoms with Gasteiger partial charge in [-0.15, -0.1) is 0 Å². The fourth-order valence-corrected chi connectivity index (χ4v) is 2.82. The normalized spacial score (nSPS) is 17.8. The number of nitrogens with zero attached hydrogens (tertiary/aromatic N) is 1. The van der Waals surface area contributed by atoms with Gasteiger partial charge < -0.3 is 4.90 Å². The standard InChI is InChI=1S/C14H20BrN/c1-3-12-8-13(15)10-14(9-12)16-6-4-11(2)5-7-16/h8-11H,3-7H2,1-2H3. The van der Waals surface area contributed by atoms with E-state index in [0.29, 0.717) is 0 Å². The fourth-order valence-electron chi connectivity index (χ4n) is 2.29. The Balaban J connectivity index is 2.16. The molecule has 1 nitrogen and oxygen atoms in total. The molecule has 1 aromatic rings. The molecule has 2 heteroatoms. The maximum absolute atomic E-state index is 3.61. The first-order chi connectivity index (χ1) is 7.69. The van der Waals surface area contributed by atoms with E-state index in [9.17, 15) is 0 Å². The summed E-state index contributed by atoms with van der Waals surface area (Å²) < 4.78 is 1.21. The summed E-state index contributed by atoms with van der Waals surface area (Å²) in [5.41, 5.74) is 2.81. The predicted molar refractivity (Wildman–Crippen MR) is 74.1 cm³/mol. The predicted octanol–water partition coefficient (Wildman–Crippen LogP) is 4.25. The molecule has 0 unspecified atom stereocenters. The SMILES string of the molecule is CCc1cc(Br)cc(N2CCC(C)CC2)c1. The Hall–Kier alpha value is -0.500. The minimum absolute atomic E-state index is 0.897. The van der Waals surface area contributed by atoms with Crippen LogP contribution in [0.15, 0.2) is 22.7 Å². The van der Waals surface area contributed by atoms with Crippen molar-refractivity contribution in [2.75, 3.05) is 18.0 Å². The first-order valence-corrected chi connectivity index (χ1v) is 7.02. The smallest absolute Gasteiger partial charge is 0.0380 e. The lowest BCUT2D eigenvalue weighted by molar-refractivity contribution is 0.438. The molecule has 0 aliphatic carbocycles. The van der Waals surface area contributed by atoms with E-state index >= 15 is 0 Å². The van der Waals surface area contributed by atoms with Crippen molar-refractivity contribution < 1.29 is 0 Å². The second-order valence-corrected chi connectivity index (χ2v) is 5.76. The van der Waals surface area contributed by atoms with Gasteiger partial charge in [-0.2, -0.15) is 0 Å². The lowest BCUT2D eigenvalue weighted by Gasteiger charge is -2.32. The number of hydrogen-bond donors (Lipinski definition) is 0. The lowest BCUT2D eigenvalue weighted by atomic mass is 9.98. The Labute approximate surface area is 107 Å². The van der Waals surface area contributed by atoms with Crippen LogP contribution in [0.25, 0.3) is 0 Å². The third-order valence-corrected chi connectivity index (χ3v) is 3.96. The molecule has 0 N–H and O–H groups in total. The minimum Gasteiger partial charge on any atom is -0.371 e. The van der Waals surface area contributed by atoms with Crippen LogP contribution in [-0.2, 0) is 6.42 Å². The van der Waals surface area contributed by atoms with E-state index in [1.807, 2.05) is 0 Å². The summed E-state index contributed by atoms with van der Waals surface area (Å²) in [6, 6.07) is 6.80. The molecular weight excluding hydrogens is 262 g/mol. The van der Waals surface area contributed by atoms with Crippen LogP contribution in [-0.4, -0.2) is 13.1 Å². The summed E-state index contributed by atoms with van der Waals surface area (Å²) >= 11 is 3.61. The van der Waals surface area contributed by atoms with E-state index in [-0.39, 0.29) is 0 Å². The van der Waals surface area contributed by atoms with Gasteiger partial charge in [0.15, 0.2) is 0 Å². The van der Waals surface area contributed by atoms with Crippen LogP contribution >= 0.6 is 15.9 Å². The van der Waals surface area contributed by atoms with Crippen LogP contribution in [0.5, 0.6) is 0 Å².